The molecule has 6 heteroatoms. The summed E-state index contributed by atoms with van der Waals surface area (Å²) in [6.45, 7) is 4.05. The van der Waals surface area contributed by atoms with Crippen LogP contribution >= 0.6 is 23.2 Å². The molecule has 0 saturated heterocycles. The van der Waals surface area contributed by atoms with E-state index in [-0.39, 0.29) is 11.3 Å². The highest BCUT2D eigenvalue weighted by Crippen LogP contribution is 2.21. The molecule has 2 heterocycles. The van der Waals surface area contributed by atoms with Gasteiger partial charge in [0.15, 0.2) is 5.15 Å². The zero-order valence-electron chi connectivity index (χ0n) is 7.70. The lowest BCUT2D eigenvalue weighted by atomic mass is 10.4. The quantitative estimate of drug-likeness (QED) is 0.559. The van der Waals surface area contributed by atoms with Gasteiger partial charge in [0.2, 0.25) is 5.28 Å². The van der Waals surface area contributed by atoms with Gasteiger partial charge in [0.05, 0.1) is 6.20 Å². The van der Waals surface area contributed by atoms with Gasteiger partial charge in [-0.05, 0) is 25.4 Å². The minimum atomic E-state index is 0.144. The second-order valence-corrected chi connectivity index (χ2v) is 3.92. The Kier molecular flexibility index (Phi) is 2.33. The first-order valence-corrected chi connectivity index (χ1v) is 4.91. The summed E-state index contributed by atoms with van der Waals surface area (Å²) < 4.78 is 1.78. The Hall–Kier alpha value is -0.870. The third kappa shape index (κ3) is 1.55. The van der Waals surface area contributed by atoms with Crippen molar-refractivity contribution < 1.29 is 0 Å². The van der Waals surface area contributed by atoms with Gasteiger partial charge in [-0.25, -0.2) is 9.97 Å². The van der Waals surface area contributed by atoms with Gasteiger partial charge >= 0.3 is 0 Å². The predicted octanol–water partition coefficient (Wildman–Crippen LogP) is 2.71. The van der Waals surface area contributed by atoms with Crippen molar-refractivity contribution in [2.75, 3.05) is 0 Å². The fourth-order valence-electron chi connectivity index (χ4n) is 1.13. The summed E-state index contributed by atoms with van der Waals surface area (Å²) in [4.78, 5) is 7.84. The van der Waals surface area contributed by atoms with Gasteiger partial charge in [-0.3, -0.25) is 4.68 Å². The Morgan fingerprint density at radius 1 is 1.29 bits per heavy atom. The minimum Gasteiger partial charge on any atom is -0.267 e. The molecule has 0 fully saturated rings. The SMILES string of the molecule is CC(C)n1cc2nc(Cl)nc(Cl)c2n1. The van der Waals surface area contributed by atoms with Crippen molar-refractivity contribution in [1.82, 2.24) is 19.7 Å². The van der Waals surface area contributed by atoms with Crippen molar-refractivity contribution in [3.63, 3.8) is 0 Å². The second kappa shape index (κ2) is 3.37. The molecule has 14 heavy (non-hydrogen) atoms. The fraction of sp³-hybridized carbons (Fsp3) is 0.375. The highest BCUT2D eigenvalue weighted by molar-refractivity contribution is 6.35. The lowest BCUT2D eigenvalue weighted by molar-refractivity contribution is 0.537. The summed E-state index contributed by atoms with van der Waals surface area (Å²) in [5, 5.41) is 4.69. The molecule has 0 spiro atoms. The normalized spacial score (nSPS) is 11.5. The molecule has 74 valence electrons. The Morgan fingerprint density at radius 2 is 2.00 bits per heavy atom. The van der Waals surface area contributed by atoms with Crippen LogP contribution in [-0.2, 0) is 0 Å². The number of rotatable bonds is 1. The van der Waals surface area contributed by atoms with Crippen LogP contribution in [0.25, 0.3) is 11.0 Å². The maximum atomic E-state index is 5.87. The van der Waals surface area contributed by atoms with Gasteiger partial charge in [0.25, 0.3) is 0 Å². The molecule has 0 aliphatic heterocycles. The highest BCUT2D eigenvalue weighted by Gasteiger charge is 2.10. The van der Waals surface area contributed by atoms with Crippen molar-refractivity contribution in [3.05, 3.63) is 16.6 Å². The van der Waals surface area contributed by atoms with Crippen LogP contribution in [0.3, 0.4) is 0 Å². The third-order valence-electron chi connectivity index (χ3n) is 1.84. The summed E-state index contributed by atoms with van der Waals surface area (Å²) in [5.41, 5.74) is 1.26. The predicted molar refractivity (Wildman–Crippen MR) is 55.7 cm³/mol. The van der Waals surface area contributed by atoms with Crippen molar-refractivity contribution >= 4 is 34.2 Å². The van der Waals surface area contributed by atoms with Crippen molar-refractivity contribution in [3.8, 4) is 0 Å². The third-order valence-corrected chi connectivity index (χ3v) is 2.27. The molecule has 0 N–H and O–H groups in total. The average Bonchev–Trinajstić information content (AvgIpc) is 2.47. The highest BCUT2D eigenvalue weighted by atomic mass is 35.5. The number of halogens is 2. The lowest BCUT2D eigenvalue weighted by Crippen LogP contribution is -2.00. The number of hydrogen-bond acceptors (Lipinski definition) is 3. The molecule has 0 bridgehead atoms. The van der Waals surface area contributed by atoms with E-state index in [1.807, 2.05) is 13.8 Å². The summed E-state index contributed by atoms with van der Waals surface area (Å²) in [5.74, 6) is 0. The van der Waals surface area contributed by atoms with Crippen LogP contribution in [0, 0.1) is 0 Å². The zero-order chi connectivity index (χ0) is 10.3. The monoisotopic (exact) mass is 230 g/mol. The number of nitrogens with zero attached hydrogens (tertiary/aromatic N) is 4. The molecule has 4 nitrogen and oxygen atoms in total. The van der Waals surface area contributed by atoms with E-state index >= 15 is 0 Å². The molecule has 0 aliphatic carbocycles. The molecule has 0 atom stereocenters. The molecule has 0 radical (unpaired) electrons. The van der Waals surface area contributed by atoms with Gasteiger partial charge in [0.1, 0.15) is 11.0 Å². The number of hydrogen-bond donors (Lipinski definition) is 0. The van der Waals surface area contributed by atoms with E-state index in [2.05, 4.69) is 15.1 Å². The summed E-state index contributed by atoms with van der Waals surface area (Å²) in [6.07, 6.45) is 1.80. The van der Waals surface area contributed by atoms with Crippen LogP contribution in [0.4, 0.5) is 0 Å². The molecular formula is C8H8Cl2N4. The van der Waals surface area contributed by atoms with Crippen molar-refractivity contribution in [2.24, 2.45) is 0 Å². The molecule has 0 saturated carbocycles. The van der Waals surface area contributed by atoms with Gasteiger partial charge < -0.3 is 0 Å². The summed E-state index contributed by atoms with van der Waals surface area (Å²) >= 11 is 11.5. The molecule has 0 aliphatic rings. The molecular weight excluding hydrogens is 223 g/mol. The molecule has 2 rings (SSSR count). The van der Waals surface area contributed by atoms with E-state index in [9.17, 15) is 0 Å². The van der Waals surface area contributed by atoms with Gasteiger partial charge in [-0.1, -0.05) is 11.6 Å². The second-order valence-electron chi connectivity index (χ2n) is 3.22. The smallest absolute Gasteiger partial charge is 0.224 e. The first-order chi connectivity index (χ1) is 6.58. The lowest BCUT2D eigenvalue weighted by Gasteiger charge is -2.01. The van der Waals surface area contributed by atoms with Crippen molar-refractivity contribution in [2.45, 2.75) is 19.9 Å². The van der Waals surface area contributed by atoms with Crippen LogP contribution in [-0.4, -0.2) is 19.7 Å². The van der Waals surface area contributed by atoms with Crippen LogP contribution < -0.4 is 0 Å². The molecule has 0 amide bonds. The molecule has 2 aromatic rings. The van der Waals surface area contributed by atoms with E-state index in [1.165, 1.54) is 0 Å². The van der Waals surface area contributed by atoms with Crippen LogP contribution in [0.2, 0.25) is 10.4 Å². The fourth-order valence-corrected chi connectivity index (χ4v) is 1.57. The van der Waals surface area contributed by atoms with Crippen LogP contribution in [0.1, 0.15) is 19.9 Å². The average molecular weight is 231 g/mol. The Balaban J connectivity index is 2.70. The molecule has 0 unspecified atom stereocenters. The maximum absolute atomic E-state index is 5.87. The Bertz CT molecular complexity index is 477. The van der Waals surface area contributed by atoms with Gasteiger partial charge in [0, 0.05) is 6.04 Å². The molecule has 2 aromatic heterocycles. The van der Waals surface area contributed by atoms with Gasteiger partial charge in [-0.15, -0.1) is 0 Å². The van der Waals surface area contributed by atoms with E-state index in [0.29, 0.717) is 16.2 Å². The zero-order valence-corrected chi connectivity index (χ0v) is 9.21. The Labute approximate surface area is 90.9 Å². The first kappa shape index (κ1) is 9.68. The number of fused-ring (bicyclic) bond motifs is 1. The van der Waals surface area contributed by atoms with Crippen LogP contribution in [0.5, 0.6) is 0 Å². The van der Waals surface area contributed by atoms with E-state index in [0.717, 1.165) is 0 Å². The van der Waals surface area contributed by atoms with E-state index in [1.54, 1.807) is 10.9 Å². The number of aromatic nitrogens is 4. The van der Waals surface area contributed by atoms with E-state index < -0.39 is 0 Å². The van der Waals surface area contributed by atoms with E-state index in [4.69, 9.17) is 23.2 Å². The van der Waals surface area contributed by atoms with Crippen molar-refractivity contribution in [1.29, 1.82) is 0 Å². The standard InChI is InChI=1S/C8H8Cl2N4/c1-4(2)14-3-5-6(13-14)7(9)12-8(10)11-5/h3-4H,1-2H3. The largest absolute Gasteiger partial charge is 0.267 e. The summed E-state index contributed by atoms with van der Waals surface area (Å²) in [6, 6.07) is 0.263. The molecule has 0 aromatic carbocycles. The summed E-state index contributed by atoms with van der Waals surface area (Å²) in [7, 11) is 0. The first-order valence-electron chi connectivity index (χ1n) is 4.16. The van der Waals surface area contributed by atoms with Gasteiger partial charge in [-0.2, -0.15) is 5.10 Å². The minimum absolute atomic E-state index is 0.144. The van der Waals surface area contributed by atoms with Crippen LogP contribution in [0.15, 0.2) is 6.20 Å². The Morgan fingerprint density at radius 3 is 2.64 bits per heavy atom. The maximum Gasteiger partial charge on any atom is 0.224 e. The topological polar surface area (TPSA) is 43.6 Å².